The zero-order valence-corrected chi connectivity index (χ0v) is 24.0. The lowest BCUT2D eigenvalue weighted by molar-refractivity contribution is 0.397. The largest absolute Gasteiger partial charge is 0.372 e. The van der Waals surface area contributed by atoms with Gasteiger partial charge < -0.3 is 20.4 Å². The van der Waals surface area contributed by atoms with E-state index >= 15 is 0 Å². The Bertz CT molecular complexity index is 1330. The van der Waals surface area contributed by atoms with E-state index in [-0.39, 0.29) is 0 Å². The molecule has 0 spiro atoms. The minimum atomic E-state index is 0.548. The molecule has 0 fully saturated rings. The van der Waals surface area contributed by atoms with Crippen LogP contribution in [0, 0.1) is 0 Å². The summed E-state index contributed by atoms with van der Waals surface area (Å²) in [4.78, 5) is 23.0. The van der Waals surface area contributed by atoms with Crippen LogP contribution < -0.4 is 10.6 Å². The molecule has 0 saturated carbocycles. The number of hydrogen-bond donors (Lipinski definition) is 2. The molecule has 4 rings (SSSR count). The van der Waals surface area contributed by atoms with Crippen molar-refractivity contribution >= 4 is 34.8 Å². The van der Waals surface area contributed by atoms with Crippen molar-refractivity contribution in [1.29, 1.82) is 0 Å². The summed E-state index contributed by atoms with van der Waals surface area (Å²) < 4.78 is 0. The third kappa shape index (κ3) is 5.89. The Balaban J connectivity index is 1.76. The van der Waals surface area contributed by atoms with Gasteiger partial charge in [-0.05, 0) is 28.2 Å². The summed E-state index contributed by atoms with van der Waals surface area (Å²) in [5, 5.41) is 7.40. The summed E-state index contributed by atoms with van der Waals surface area (Å²) in [6, 6.07) is 11.7. The number of rotatable bonds is 9. The molecule has 0 aliphatic carbocycles. The molecule has 0 aliphatic rings. The standard InChI is InChI=1S/C28H32Cl2N8/c1-31-27-23(15-37(3)4)33-13-21(35-27)19-11-7-9-17(25(19)29)18-10-8-12-20(26(18)30)22-14-34-24(16-38(5)6)28(32-2)36-22/h7-14H,15-16H2,1-6H3,(H,31,35)(H,32,36). The molecule has 0 radical (unpaired) electrons. The van der Waals surface area contributed by atoms with Crippen molar-refractivity contribution in [2.45, 2.75) is 13.1 Å². The van der Waals surface area contributed by atoms with Gasteiger partial charge in [0.05, 0.1) is 45.2 Å². The predicted molar refractivity (Wildman–Crippen MR) is 158 cm³/mol. The zero-order chi connectivity index (χ0) is 27.4. The van der Waals surface area contributed by atoms with Crippen LogP contribution in [0.25, 0.3) is 33.6 Å². The maximum absolute atomic E-state index is 6.99. The number of aromatic nitrogens is 4. The number of nitrogens with zero attached hydrogens (tertiary/aromatic N) is 6. The second-order valence-electron chi connectivity index (χ2n) is 9.41. The van der Waals surface area contributed by atoms with Crippen LogP contribution in [0.4, 0.5) is 11.6 Å². The highest BCUT2D eigenvalue weighted by atomic mass is 35.5. The molecule has 8 nitrogen and oxygen atoms in total. The lowest BCUT2D eigenvalue weighted by Crippen LogP contribution is -2.14. The minimum absolute atomic E-state index is 0.548. The van der Waals surface area contributed by atoms with Crippen molar-refractivity contribution in [3.05, 3.63) is 70.2 Å². The molecule has 198 valence electrons. The number of benzene rings is 2. The molecule has 0 saturated heterocycles. The van der Waals surface area contributed by atoms with E-state index in [1.165, 1.54) is 0 Å². The first kappa shape index (κ1) is 27.7. The Hall–Kier alpha value is -3.30. The molecule has 0 aliphatic heterocycles. The van der Waals surface area contributed by atoms with Gasteiger partial charge in [0.15, 0.2) is 0 Å². The normalized spacial score (nSPS) is 11.3. The molecular weight excluding hydrogens is 519 g/mol. The summed E-state index contributed by atoms with van der Waals surface area (Å²) in [5.74, 6) is 1.43. The Labute approximate surface area is 234 Å². The monoisotopic (exact) mass is 550 g/mol. The third-order valence-electron chi connectivity index (χ3n) is 5.94. The lowest BCUT2D eigenvalue weighted by Gasteiger charge is -2.16. The molecule has 0 atom stereocenters. The van der Waals surface area contributed by atoms with Gasteiger partial charge in [-0.3, -0.25) is 9.97 Å². The maximum atomic E-state index is 6.99. The van der Waals surface area contributed by atoms with Crippen molar-refractivity contribution in [2.24, 2.45) is 0 Å². The number of anilines is 2. The van der Waals surface area contributed by atoms with Crippen LogP contribution in [0.5, 0.6) is 0 Å². The van der Waals surface area contributed by atoms with Gasteiger partial charge in [0.25, 0.3) is 0 Å². The third-order valence-corrected chi connectivity index (χ3v) is 6.76. The average Bonchev–Trinajstić information content (AvgIpc) is 2.89. The van der Waals surface area contributed by atoms with Gasteiger partial charge in [0.1, 0.15) is 11.6 Å². The second-order valence-corrected chi connectivity index (χ2v) is 10.2. The van der Waals surface area contributed by atoms with Crippen LogP contribution in [0.15, 0.2) is 48.8 Å². The molecule has 0 amide bonds. The Morgan fingerprint density at radius 3 is 1.34 bits per heavy atom. The quantitative estimate of drug-likeness (QED) is 0.271. The fourth-order valence-corrected chi connectivity index (χ4v) is 4.84. The fraction of sp³-hybridized carbons (Fsp3) is 0.286. The molecule has 38 heavy (non-hydrogen) atoms. The summed E-state index contributed by atoms with van der Waals surface area (Å²) in [7, 11) is 11.7. The van der Waals surface area contributed by atoms with Crippen molar-refractivity contribution < 1.29 is 0 Å². The highest BCUT2D eigenvalue weighted by Crippen LogP contribution is 2.42. The second kappa shape index (κ2) is 12.0. The van der Waals surface area contributed by atoms with Gasteiger partial charge >= 0.3 is 0 Å². The van der Waals surface area contributed by atoms with E-state index in [9.17, 15) is 0 Å². The Kier molecular flexibility index (Phi) is 8.79. The first-order chi connectivity index (χ1) is 18.2. The van der Waals surface area contributed by atoms with Crippen LogP contribution in [-0.4, -0.2) is 72.0 Å². The van der Waals surface area contributed by atoms with Crippen molar-refractivity contribution in [1.82, 2.24) is 29.7 Å². The number of hydrogen-bond acceptors (Lipinski definition) is 8. The molecule has 4 aromatic rings. The van der Waals surface area contributed by atoms with Gasteiger partial charge in [0.2, 0.25) is 0 Å². The molecule has 2 aromatic heterocycles. The van der Waals surface area contributed by atoms with E-state index in [0.717, 1.165) is 33.6 Å². The smallest absolute Gasteiger partial charge is 0.149 e. The lowest BCUT2D eigenvalue weighted by atomic mass is 9.98. The van der Waals surface area contributed by atoms with Crippen LogP contribution in [0.1, 0.15) is 11.4 Å². The van der Waals surface area contributed by atoms with E-state index in [1.54, 1.807) is 12.4 Å². The summed E-state index contributed by atoms with van der Waals surface area (Å²) in [6.45, 7) is 1.35. The minimum Gasteiger partial charge on any atom is -0.372 e. The van der Waals surface area contributed by atoms with E-state index in [4.69, 9.17) is 33.2 Å². The molecule has 2 aromatic carbocycles. The average molecular weight is 552 g/mol. The van der Waals surface area contributed by atoms with Crippen LogP contribution in [0.3, 0.4) is 0 Å². The van der Waals surface area contributed by atoms with Crippen molar-refractivity contribution in [3.63, 3.8) is 0 Å². The fourth-order valence-electron chi connectivity index (χ4n) is 4.19. The predicted octanol–water partition coefficient (Wildman–Crippen LogP) is 5.78. The summed E-state index contributed by atoms with van der Waals surface area (Å²) in [5.41, 5.74) is 6.23. The van der Waals surface area contributed by atoms with Crippen LogP contribution in [0.2, 0.25) is 10.0 Å². The van der Waals surface area contributed by atoms with E-state index in [0.29, 0.717) is 46.2 Å². The van der Waals surface area contributed by atoms with E-state index < -0.39 is 0 Å². The molecule has 0 bridgehead atoms. The molecular formula is C28H32Cl2N8. The van der Waals surface area contributed by atoms with Gasteiger partial charge in [-0.25, -0.2) is 9.97 Å². The van der Waals surface area contributed by atoms with Crippen LogP contribution in [-0.2, 0) is 13.1 Å². The summed E-state index contributed by atoms with van der Waals surface area (Å²) in [6.07, 6.45) is 3.51. The first-order valence-corrected chi connectivity index (χ1v) is 12.9. The molecule has 0 unspecified atom stereocenters. The number of nitrogens with one attached hydrogen (secondary N) is 2. The zero-order valence-electron chi connectivity index (χ0n) is 22.5. The van der Waals surface area contributed by atoms with Crippen molar-refractivity contribution in [3.8, 4) is 33.6 Å². The Morgan fingerprint density at radius 2 is 1.00 bits per heavy atom. The molecule has 2 heterocycles. The Morgan fingerprint density at radius 1 is 0.632 bits per heavy atom. The van der Waals surface area contributed by atoms with E-state index in [2.05, 4.69) is 20.6 Å². The molecule has 10 heteroatoms. The highest BCUT2D eigenvalue weighted by molar-refractivity contribution is 6.39. The van der Waals surface area contributed by atoms with Gasteiger partial charge in [-0.1, -0.05) is 59.6 Å². The first-order valence-electron chi connectivity index (χ1n) is 12.2. The topological polar surface area (TPSA) is 82.1 Å². The van der Waals surface area contributed by atoms with Gasteiger partial charge in [-0.2, -0.15) is 0 Å². The SMILES string of the molecule is CNc1nc(-c2cccc(-c3cccc(-c4cnc(CN(C)C)c(NC)n4)c3Cl)c2Cl)cnc1CN(C)C. The number of halogens is 2. The van der Waals surface area contributed by atoms with Gasteiger partial charge in [0, 0.05) is 49.4 Å². The van der Waals surface area contributed by atoms with Crippen LogP contribution >= 0.6 is 23.2 Å². The maximum Gasteiger partial charge on any atom is 0.149 e. The highest BCUT2D eigenvalue weighted by Gasteiger charge is 2.18. The van der Waals surface area contributed by atoms with Crippen molar-refractivity contribution in [2.75, 3.05) is 52.9 Å². The van der Waals surface area contributed by atoms with E-state index in [1.807, 2.05) is 88.5 Å². The summed E-state index contributed by atoms with van der Waals surface area (Å²) >= 11 is 14.0. The molecule has 2 N–H and O–H groups in total. The van der Waals surface area contributed by atoms with Gasteiger partial charge in [-0.15, -0.1) is 0 Å².